The Balaban J connectivity index is 2.42. The molecule has 0 amide bonds. The lowest BCUT2D eigenvalue weighted by Crippen LogP contribution is -2.29. The highest BCUT2D eigenvalue weighted by molar-refractivity contribution is 8.01. The summed E-state index contributed by atoms with van der Waals surface area (Å²) in [4.78, 5) is 12.3. The van der Waals surface area contributed by atoms with Crippen LogP contribution in [-0.4, -0.2) is 22.4 Å². The van der Waals surface area contributed by atoms with Gasteiger partial charge in [-0.3, -0.25) is 0 Å². The molecule has 3 nitrogen and oxygen atoms in total. The zero-order valence-electron chi connectivity index (χ0n) is 7.96. The number of carboxylic acid groups (broad SMARTS) is 1. The third-order valence-corrected chi connectivity index (χ3v) is 4.44. The molecule has 0 aliphatic carbocycles. The summed E-state index contributed by atoms with van der Waals surface area (Å²) in [6.45, 7) is 5.09. The fraction of sp³-hybridized carbons (Fsp3) is 0.444. The molecule has 0 spiro atoms. The van der Waals surface area contributed by atoms with Gasteiger partial charge in [-0.1, -0.05) is 0 Å². The number of carbonyl (C=O) groups is 1. The Hall–Kier alpha value is -0.680. The standard InChI is InChI=1S/C9H11NO2S2/c1-9(2)4-10-5-3-13-7(8(11)12)6(5)14-9/h3,10H,4H2,1-2H3,(H,11,12). The van der Waals surface area contributed by atoms with Crippen molar-refractivity contribution >= 4 is 34.8 Å². The molecule has 0 radical (unpaired) electrons. The summed E-state index contributed by atoms with van der Waals surface area (Å²) in [5, 5.41) is 14.1. The highest BCUT2D eigenvalue weighted by Crippen LogP contribution is 2.45. The van der Waals surface area contributed by atoms with Gasteiger partial charge < -0.3 is 10.4 Å². The average Bonchev–Trinajstić information content (AvgIpc) is 2.44. The number of anilines is 1. The van der Waals surface area contributed by atoms with Crippen molar-refractivity contribution in [1.82, 2.24) is 0 Å². The highest BCUT2D eigenvalue weighted by Gasteiger charge is 2.30. The number of carboxylic acids is 1. The summed E-state index contributed by atoms with van der Waals surface area (Å²) in [5.41, 5.74) is 0.969. The second-order valence-electron chi connectivity index (χ2n) is 3.83. The fourth-order valence-electron chi connectivity index (χ4n) is 1.34. The second-order valence-corrected chi connectivity index (χ2v) is 6.43. The highest BCUT2D eigenvalue weighted by atomic mass is 32.2. The van der Waals surface area contributed by atoms with E-state index < -0.39 is 5.97 Å². The molecule has 1 aromatic rings. The molecule has 2 heterocycles. The first-order valence-corrected chi connectivity index (χ1v) is 5.97. The van der Waals surface area contributed by atoms with Gasteiger partial charge in [0.05, 0.1) is 10.6 Å². The zero-order chi connectivity index (χ0) is 10.3. The zero-order valence-corrected chi connectivity index (χ0v) is 9.59. The van der Waals surface area contributed by atoms with Crippen LogP contribution in [0.15, 0.2) is 10.3 Å². The molecule has 0 saturated heterocycles. The number of aromatic carboxylic acids is 1. The van der Waals surface area contributed by atoms with E-state index in [0.29, 0.717) is 4.88 Å². The first-order chi connectivity index (χ1) is 6.49. The van der Waals surface area contributed by atoms with Crippen LogP contribution >= 0.6 is 23.1 Å². The normalized spacial score (nSPS) is 18.4. The maximum Gasteiger partial charge on any atom is 0.347 e. The Morgan fingerprint density at radius 3 is 3.00 bits per heavy atom. The van der Waals surface area contributed by atoms with Gasteiger partial charge in [0.2, 0.25) is 0 Å². The van der Waals surface area contributed by atoms with Gasteiger partial charge in [0.15, 0.2) is 0 Å². The van der Waals surface area contributed by atoms with Crippen molar-refractivity contribution in [3.8, 4) is 0 Å². The van der Waals surface area contributed by atoms with Crippen molar-refractivity contribution in [2.24, 2.45) is 0 Å². The largest absolute Gasteiger partial charge is 0.477 e. The molecule has 14 heavy (non-hydrogen) atoms. The van der Waals surface area contributed by atoms with Crippen molar-refractivity contribution in [2.75, 3.05) is 11.9 Å². The van der Waals surface area contributed by atoms with E-state index in [4.69, 9.17) is 5.11 Å². The molecule has 1 aliphatic rings. The summed E-state index contributed by atoms with van der Waals surface area (Å²) >= 11 is 2.93. The molecule has 0 saturated carbocycles. The molecular weight excluding hydrogens is 218 g/mol. The molecule has 0 bridgehead atoms. The predicted molar refractivity (Wildman–Crippen MR) is 59.7 cm³/mol. The SMILES string of the molecule is CC1(C)CNc2csc(C(=O)O)c2S1. The van der Waals surface area contributed by atoms with Crippen LogP contribution in [0.3, 0.4) is 0 Å². The minimum atomic E-state index is -0.830. The topological polar surface area (TPSA) is 49.3 Å². The Morgan fingerprint density at radius 1 is 1.64 bits per heavy atom. The minimum Gasteiger partial charge on any atom is -0.477 e. The second kappa shape index (κ2) is 3.17. The summed E-state index contributed by atoms with van der Waals surface area (Å²) < 4.78 is 0.0677. The van der Waals surface area contributed by atoms with Crippen molar-refractivity contribution in [3.05, 3.63) is 10.3 Å². The number of rotatable bonds is 1. The van der Waals surface area contributed by atoms with Gasteiger partial charge in [0.25, 0.3) is 0 Å². The first-order valence-electron chi connectivity index (χ1n) is 4.27. The van der Waals surface area contributed by atoms with Crippen LogP contribution in [0.2, 0.25) is 0 Å². The van der Waals surface area contributed by atoms with E-state index in [-0.39, 0.29) is 4.75 Å². The maximum absolute atomic E-state index is 10.9. The van der Waals surface area contributed by atoms with Crippen molar-refractivity contribution in [3.63, 3.8) is 0 Å². The smallest absolute Gasteiger partial charge is 0.347 e. The number of fused-ring (bicyclic) bond motifs is 1. The van der Waals surface area contributed by atoms with E-state index in [1.807, 2.05) is 5.38 Å². The van der Waals surface area contributed by atoms with Crippen LogP contribution in [-0.2, 0) is 0 Å². The summed E-state index contributed by atoms with van der Waals surface area (Å²) in [6, 6.07) is 0. The van der Waals surface area contributed by atoms with Gasteiger partial charge in [0, 0.05) is 16.7 Å². The molecule has 0 aromatic carbocycles. The molecule has 0 fully saturated rings. The first kappa shape index (κ1) is 9.86. The number of thiophene rings is 1. The molecular formula is C9H11NO2S2. The van der Waals surface area contributed by atoms with E-state index in [1.165, 1.54) is 11.3 Å². The molecule has 2 rings (SSSR count). The average molecular weight is 229 g/mol. The van der Waals surface area contributed by atoms with E-state index in [9.17, 15) is 4.79 Å². The molecule has 1 aliphatic heterocycles. The Morgan fingerprint density at radius 2 is 2.36 bits per heavy atom. The van der Waals surface area contributed by atoms with E-state index in [0.717, 1.165) is 17.1 Å². The van der Waals surface area contributed by atoms with Crippen LogP contribution in [0.1, 0.15) is 23.5 Å². The number of hydrogen-bond donors (Lipinski definition) is 2. The molecule has 0 atom stereocenters. The van der Waals surface area contributed by atoms with Gasteiger partial charge in [0.1, 0.15) is 4.88 Å². The molecule has 76 valence electrons. The lowest BCUT2D eigenvalue weighted by atomic mass is 10.2. The summed E-state index contributed by atoms with van der Waals surface area (Å²) in [6.07, 6.45) is 0. The number of nitrogens with one attached hydrogen (secondary N) is 1. The van der Waals surface area contributed by atoms with Gasteiger partial charge >= 0.3 is 5.97 Å². The number of thioether (sulfide) groups is 1. The maximum atomic E-state index is 10.9. The van der Waals surface area contributed by atoms with Crippen molar-refractivity contribution in [1.29, 1.82) is 0 Å². The third-order valence-electron chi connectivity index (χ3n) is 2.02. The Kier molecular flexibility index (Phi) is 2.23. The van der Waals surface area contributed by atoms with Gasteiger partial charge in [-0.2, -0.15) is 0 Å². The summed E-state index contributed by atoms with van der Waals surface area (Å²) in [5.74, 6) is -0.830. The van der Waals surface area contributed by atoms with Crippen molar-refractivity contribution < 1.29 is 9.90 Å². The Bertz CT molecular complexity index is 384. The lowest BCUT2D eigenvalue weighted by molar-refractivity contribution is 0.0699. The van der Waals surface area contributed by atoms with E-state index in [2.05, 4.69) is 19.2 Å². The fourth-order valence-corrected chi connectivity index (χ4v) is 3.56. The summed E-state index contributed by atoms with van der Waals surface area (Å²) in [7, 11) is 0. The van der Waals surface area contributed by atoms with Gasteiger partial charge in [-0.15, -0.1) is 23.1 Å². The Labute approximate surface area is 90.5 Å². The molecule has 5 heteroatoms. The van der Waals surface area contributed by atoms with Gasteiger partial charge in [-0.25, -0.2) is 4.79 Å². The third kappa shape index (κ3) is 1.62. The van der Waals surface area contributed by atoms with E-state index in [1.54, 1.807) is 11.8 Å². The molecule has 0 unspecified atom stereocenters. The lowest BCUT2D eigenvalue weighted by Gasteiger charge is -2.30. The monoisotopic (exact) mass is 229 g/mol. The predicted octanol–water partition coefficient (Wildman–Crippen LogP) is 2.74. The molecule has 2 N–H and O–H groups in total. The van der Waals surface area contributed by atoms with Gasteiger partial charge in [-0.05, 0) is 13.8 Å². The van der Waals surface area contributed by atoms with Crippen LogP contribution in [0.5, 0.6) is 0 Å². The minimum absolute atomic E-state index is 0.0677. The van der Waals surface area contributed by atoms with Crippen LogP contribution in [0.25, 0.3) is 0 Å². The quantitative estimate of drug-likeness (QED) is 0.777. The van der Waals surface area contributed by atoms with Crippen LogP contribution < -0.4 is 5.32 Å². The van der Waals surface area contributed by atoms with Crippen molar-refractivity contribution in [2.45, 2.75) is 23.5 Å². The van der Waals surface area contributed by atoms with Crippen LogP contribution in [0, 0.1) is 0 Å². The van der Waals surface area contributed by atoms with E-state index >= 15 is 0 Å². The molecule has 1 aromatic heterocycles. The van der Waals surface area contributed by atoms with Crippen LogP contribution in [0.4, 0.5) is 5.69 Å². The number of hydrogen-bond acceptors (Lipinski definition) is 4.